The standard InChI is InChI=1S/C17H24ClNO2/c1-4-9-20-15-7-6-14(12-18)16(11-15)21-10-5-8-17(2,3)13-19/h6-7,11H,4-5,8-10,12H2,1-3H3. The summed E-state index contributed by atoms with van der Waals surface area (Å²) in [7, 11) is 0. The molecule has 3 nitrogen and oxygen atoms in total. The van der Waals surface area contributed by atoms with Gasteiger partial charge in [0.25, 0.3) is 0 Å². The molecule has 0 spiro atoms. The van der Waals surface area contributed by atoms with Gasteiger partial charge in [0.1, 0.15) is 11.5 Å². The molecule has 0 amide bonds. The van der Waals surface area contributed by atoms with Crippen LogP contribution in [0.2, 0.25) is 0 Å². The number of alkyl halides is 1. The largest absolute Gasteiger partial charge is 0.493 e. The Balaban J connectivity index is 2.58. The average molecular weight is 310 g/mol. The van der Waals surface area contributed by atoms with Gasteiger partial charge in [0.05, 0.1) is 30.6 Å². The Morgan fingerprint density at radius 2 is 2.00 bits per heavy atom. The zero-order valence-electron chi connectivity index (χ0n) is 13.1. The van der Waals surface area contributed by atoms with Crippen LogP contribution in [0.3, 0.4) is 0 Å². The highest BCUT2D eigenvalue weighted by Gasteiger charge is 2.16. The highest BCUT2D eigenvalue weighted by atomic mass is 35.5. The van der Waals surface area contributed by atoms with E-state index in [0.717, 1.165) is 36.3 Å². The maximum atomic E-state index is 8.99. The van der Waals surface area contributed by atoms with Crippen LogP contribution < -0.4 is 9.47 Å². The van der Waals surface area contributed by atoms with E-state index in [1.807, 2.05) is 32.0 Å². The molecule has 0 N–H and O–H groups in total. The Morgan fingerprint density at radius 1 is 1.24 bits per heavy atom. The van der Waals surface area contributed by atoms with Gasteiger partial charge in [-0.2, -0.15) is 5.26 Å². The molecule has 0 saturated heterocycles. The molecule has 21 heavy (non-hydrogen) atoms. The number of nitrogens with zero attached hydrogens (tertiary/aromatic N) is 1. The van der Waals surface area contributed by atoms with Crippen molar-refractivity contribution in [2.75, 3.05) is 13.2 Å². The van der Waals surface area contributed by atoms with Crippen molar-refractivity contribution in [3.8, 4) is 17.6 Å². The number of nitriles is 1. The van der Waals surface area contributed by atoms with Gasteiger partial charge in [-0.05, 0) is 39.2 Å². The molecule has 0 atom stereocenters. The van der Waals surface area contributed by atoms with Crippen LogP contribution >= 0.6 is 11.6 Å². The molecule has 116 valence electrons. The monoisotopic (exact) mass is 309 g/mol. The molecule has 1 aromatic carbocycles. The van der Waals surface area contributed by atoms with E-state index >= 15 is 0 Å². The third-order valence-electron chi connectivity index (χ3n) is 3.16. The zero-order valence-corrected chi connectivity index (χ0v) is 13.9. The summed E-state index contributed by atoms with van der Waals surface area (Å²) in [5, 5.41) is 8.99. The van der Waals surface area contributed by atoms with Crippen molar-refractivity contribution in [2.24, 2.45) is 5.41 Å². The summed E-state index contributed by atoms with van der Waals surface area (Å²) in [5.74, 6) is 1.99. The molecule has 0 aromatic heterocycles. The number of rotatable bonds is 9. The molecule has 0 unspecified atom stereocenters. The number of benzene rings is 1. The summed E-state index contributed by atoms with van der Waals surface area (Å²) in [6, 6.07) is 8.04. The molecule has 0 bridgehead atoms. The fraction of sp³-hybridized carbons (Fsp3) is 0.588. The van der Waals surface area contributed by atoms with Crippen LogP contribution in [0.25, 0.3) is 0 Å². The number of hydrogen-bond donors (Lipinski definition) is 0. The number of hydrogen-bond acceptors (Lipinski definition) is 3. The van der Waals surface area contributed by atoms with Crippen LogP contribution in [-0.2, 0) is 5.88 Å². The van der Waals surface area contributed by atoms with Gasteiger partial charge in [-0.15, -0.1) is 11.6 Å². The molecular weight excluding hydrogens is 286 g/mol. The lowest BCUT2D eigenvalue weighted by molar-refractivity contribution is 0.277. The zero-order chi connectivity index (χ0) is 15.7. The lowest BCUT2D eigenvalue weighted by Gasteiger charge is -2.16. The van der Waals surface area contributed by atoms with E-state index < -0.39 is 0 Å². The molecule has 0 aliphatic rings. The van der Waals surface area contributed by atoms with E-state index in [4.69, 9.17) is 26.3 Å². The van der Waals surface area contributed by atoms with Gasteiger partial charge >= 0.3 is 0 Å². The minimum Gasteiger partial charge on any atom is -0.493 e. The summed E-state index contributed by atoms with van der Waals surface area (Å²) < 4.78 is 11.4. The second-order valence-electron chi connectivity index (χ2n) is 5.70. The second-order valence-corrected chi connectivity index (χ2v) is 5.97. The lowest BCUT2D eigenvalue weighted by atomic mass is 9.90. The summed E-state index contributed by atoms with van der Waals surface area (Å²) >= 11 is 5.93. The van der Waals surface area contributed by atoms with Gasteiger partial charge < -0.3 is 9.47 Å². The van der Waals surface area contributed by atoms with Gasteiger partial charge in [0.2, 0.25) is 0 Å². The first-order valence-corrected chi connectivity index (χ1v) is 7.91. The molecule has 0 aliphatic carbocycles. The molecule has 0 fully saturated rings. The fourth-order valence-corrected chi connectivity index (χ4v) is 2.06. The lowest BCUT2D eigenvalue weighted by Crippen LogP contribution is -2.10. The number of halogens is 1. The molecule has 0 radical (unpaired) electrons. The fourth-order valence-electron chi connectivity index (χ4n) is 1.84. The summed E-state index contributed by atoms with van der Waals surface area (Å²) in [6.45, 7) is 7.22. The van der Waals surface area contributed by atoms with Crippen LogP contribution in [-0.4, -0.2) is 13.2 Å². The van der Waals surface area contributed by atoms with Crippen molar-refractivity contribution < 1.29 is 9.47 Å². The molecule has 4 heteroatoms. The van der Waals surface area contributed by atoms with E-state index in [1.165, 1.54) is 0 Å². The van der Waals surface area contributed by atoms with Crippen molar-refractivity contribution in [2.45, 2.75) is 45.9 Å². The maximum Gasteiger partial charge on any atom is 0.127 e. The smallest absolute Gasteiger partial charge is 0.127 e. The van der Waals surface area contributed by atoms with E-state index in [2.05, 4.69) is 13.0 Å². The van der Waals surface area contributed by atoms with Crippen molar-refractivity contribution in [1.29, 1.82) is 5.26 Å². The highest BCUT2D eigenvalue weighted by Crippen LogP contribution is 2.27. The minimum atomic E-state index is -0.301. The second kappa shape index (κ2) is 8.79. The summed E-state index contributed by atoms with van der Waals surface area (Å²) in [5.41, 5.74) is 0.658. The van der Waals surface area contributed by atoms with Gasteiger partial charge in [0.15, 0.2) is 0 Å². The SMILES string of the molecule is CCCOc1ccc(CCl)c(OCCCC(C)(C)C#N)c1. The molecule has 0 aliphatic heterocycles. The van der Waals surface area contributed by atoms with Crippen LogP contribution in [0, 0.1) is 16.7 Å². The molecular formula is C17H24ClNO2. The first kappa shape index (κ1) is 17.7. The van der Waals surface area contributed by atoms with Crippen molar-refractivity contribution in [1.82, 2.24) is 0 Å². The quantitative estimate of drug-likeness (QED) is 0.480. The molecule has 1 aromatic rings. The molecule has 1 rings (SSSR count). The predicted octanol–water partition coefficient (Wildman–Crippen LogP) is 4.92. The highest BCUT2D eigenvalue weighted by molar-refractivity contribution is 6.17. The van der Waals surface area contributed by atoms with Crippen LogP contribution in [0.15, 0.2) is 18.2 Å². The van der Waals surface area contributed by atoms with E-state index in [-0.39, 0.29) is 5.41 Å². The van der Waals surface area contributed by atoms with E-state index in [0.29, 0.717) is 19.1 Å². The van der Waals surface area contributed by atoms with Crippen molar-refractivity contribution in [3.05, 3.63) is 23.8 Å². The third-order valence-corrected chi connectivity index (χ3v) is 3.45. The van der Waals surface area contributed by atoms with Crippen molar-refractivity contribution in [3.63, 3.8) is 0 Å². The van der Waals surface area contributed by atoms with Crippen LogP contribution in [0.1, 0.15) is 45.6 Å². The first-order chi connectivity index (χ1) is 10.0. The Kier molecular flexibility index (Phi) is 7.39. The van der Waals surface area contributed by atoms with Gasteiger partial charge in [-0.3, -0.25) is 0 Å². The van der Waals surface area contributed by atoms with Gasteiger partial charge in [0, 0.05) is 11.6 Å². The Hall–Kier alpha value is -1.40. The van der Waals surface area contributed by atoms with Gasteiger partial charge in [-0.1, -0.05) is 13.0 Å². The van der Waals surface area contributed by atoms with Crippen LogP contribution in [0.5, 0.6) is 11.5 Å². The average Bonchev–Trinajstić information content (AvgIpc) is 2.49. The first-order valence-electron chi connectivity index (χ1n) is 7.38. The molecule has 0 saturated carbocycles. The van der Waals surface area contributed by atoms with E-state index in [1.54, 1.807) is 0 Å². The molecule has 0 heterocycles. The van der Waals surface area contributed by atoms with Crippen molar-refractivity contribution >= 4 is 11.6 Å². The summed E-state index contributed by atoms with van der Waals surface area (Å²) in [4.78, 5) is 0. The minimum absolute atomic E-state index is 0.301. The Morgan fingerprint density at radius 3 is 2.62 bits per heavy atom. The predicted molar refractivity (Wildman–Crippen MR) is 85.9 cm³/mol. The Labute approximate surface area is 132 Å². The topological polar surface area (TPSA) is 42.2 Å². The normalized spacial score (nSPS) is 11.0. The third kappa shape index (κ3) is 6.27. The number of ether oxygens (including phenoxy) is 2. The van der Waals surface area contributed by atoms with Gasteiger partial charge in [-0.25, -0.2) is 0 Å². The van der Waals surface area contributed by atoms with Crippen LogP contribution in [0.4, 0.5) is 0 Å². The van der Waals surface area contributed by atoms with E-state index in [9.17, 15) is 0 Å². The maximum absolute atomic E-state index is 8.99. The summed E-state index contributed by atoms with van der Waals surface area (Å²) in [6.07, 6.45) is 2.62. The Bertz CT molecular complexity index is 480.